The van der Waals surface area contributed by atoms with Crippen LogP contribution in [0.2, 0.25) is 0 Å². The highest BCUT2D eigenvalue weighted by atomic mass is 16.5. The summed E-state index contributed by atoms with van der Waals surface area (Å²) in [5.74, 6) is 0. The standard InChI is InChI=1S/C11H22N2O/c1-11(2)9(6-10(11)14-3)13-8-4-5-12-7-8/h8-10,12-13H,4-7H2,1-3H3. The van der Waals surface area contributed by atoms with Gasteiger partial charge in [-0.2, -0.15) is 0 Å². The Hall–Kier alpha value is -0.120. The van der Waals surface area contributed by atoms with E-state index in [4.69, 9.17) is 4.74 Å². The van der Waals surface area contributed by atoms with Gasteiger partial charge in [-0.25, -0.2) is 0 Å². The third kappa shape index (κ3) is 1.69. The highest BCUT2D eigenvalue weighted by Gasteiger charge is 2.48. The van der Waals surface area contributed by atoms with E-state index in [0.717, 1.165) is 6.54 Å². The zero-order valence-electron chi connectivity index (χ0n) is 9.47. The maximum absolute atomic E-state index is 5.44. The molecule has 2 aliphatic rings. The first-order chi connectivity index (χ1) is 6.64. The van der Waals surface area contributed by atoms with E-state index in [1.54, 1.807) is 0 Å². The lowest BCUT2D eigenvalue weighted by Gasteiger charge is -2.52. The zero-order valence-corrected chi connectivity index (χ0v) is 9.47. The molecule has 2 N–H and O–H groups in total. The van der Waals surface area contributed by atoms with Gasteiger partial charge in [-0.05, 0) is 19.4 Å². The summed E-state index contributed by atoms with van der Waals surface area (Å²) in [4.78, 5) is 0. The first-order valence-electron chi connectivity index (χ1n) is 5.64. The number of nitrogens with one attached hydrogen (secondary N) is 2. The highest BCUT2D eigenvalue weighted by Crippen LogP contribution is 2.42. The number of methoxy groups -OCH3 is 1. The number of hydrogen-bond acceptors (Lipinski definition) is 3. The molecule has 1 aliphatic carbocycles. The van der Waals surface area contributed by atoms with Gasteiger partial charge in [0.1, 0.15) is 0 Å². The third-order valence-corrected chi connectivity index (χ3v) is 3.96. The number of ether oxygens (including phenoxy) is 1. The highest BCUT2D eigenvalue weighted by molar-refractivity contribution is 5.04. The minimum atomic E-state index is 0.303. The second-order valence-corrected chi connectivity index (χ2v) is 5.19. The molecule has 0 amide bonds. The first-order valence-corrected chi connectivity index (χ1v) is 5.64. The Morgan fingerprint density at radius 1 is 1.43 bits per heavy atom. The van der Waals surface area contributed by atoms with E-state index in [0.29, 0.717) is 23.6 Å². The van der Waals surface area contributed by atoms with E-state index in [1.807, 2.05) is 7.11 Å². The monoisotopic (exact) mass is 198 g/mol. The van der Waals surface area contributed by atoms with Crippen molar-refractivity contribution in [3.05, 3.63) is 0 Å². The van der Waals surface area contributed by atoms with Crippen LogP contribution in [0.1, 0.15) is 26.7 Å². The molecule has 2 fully saturated rings. The molecule has 0 aromatic carbocycles. The van der Waals surface area contributed by atoms with Gasteiger partial charge in [-0.1, -0.05) is 13.8 Å². The average Bonchev–Trinajstić information content (AvgIpc) is 2.64. The van der Waals surface area contributed by atoms with E-state index in [1.165, 1.54) is 19.4 Å². The molecule has 3 nitrogen and oxygen atoms in total. The van der Waals surface area contributed by atoms with Crippen LogP contribution in [0.25, 0.3) is 0 Å². The van der Waals surface area contributed by atoms with E-state index in [9.17, 15) is 0 Å². The Kier molecular flexibility index (Phi) is 2.82. The fraction of sp³-hybridized carbons (Fsp3) is 1.00. The molecule has 1 heterocycles. The van der Waals surface area contributed by atoms with Crippen molar-refractivity contribution in [3.63, 3.8) is 0 Å². The van der Waals surface area contributed by atoms with Crippen LogP contribution >= 0.6 is 0 Å². The largest absolute Gasteiger partial charge is 0.381 e. The Bertz CT molecular complexity index is 199. The zero-order chi connectivity index (χ0) is 10.2. The Morgan fingerprint density at radius 2 is 2.21 bits per heavy atom. The van der Waals surface area contributed by atoms with Crippen LogP contribution in [0, 0.1) is 5.41 Å². The van der Waals surface area contributed by atoms with Crippen molar-refractivity contribution >= 4 is 0 Å². The van der Waals surface area contributed by atoms with Crippen LogP contribution in [-0.2, 0) is 4.74 Å². The average molecular weight is 198 g/mol. The van der Waals surface area contributed by atoms with Gasteiger partial charge in [0.15, 0.2) is 0 Å². The van der Waals surface area contributed by atoms with Crippen LogP contribution < -0.4 is 10.6 Å². The summed E-state index contributed by atoms with van der Waals surface area (Å²) in [7, 11) is 1.82. The van der Waals surface area contributed by atoms with Gasteiger partial charge in [0.25, 0.3) is 0 Å². The molecule has 3 heteroatoms. The van der Waals surface area contributed by atoms with Crippen molar-refractivity contribution in [1.29, 1.82) is 0 Å². The second kappa shape index (κ2) is 3.80. The molecule has 0 aromatic rings. The van der Waals surface area contributed by atoms with Crippen molar-refractivity contribution in [1.82, 2.24) is 10.6 Å². The smallest absolute Gasteiger partial charge is 0.0652 e. The molecule has 3 atom stereocenters. The minimum Gasteiger partial charge on any atom is -0.381 e. The topological polar surface area (TPSA) is 33.3 Å². The van der Waals surface area contributed by atoms with Crippen LogP contribution in [0.5, 0.6) is 0 Å². The molecule has 2 rings (SSSR count). The van der Waals surface area contributed by atoms with Crippen LogP contribution in [0.15, 0.2) is 0 Å². The van der Waals surface area contributed by atoms with Crippen LogP contribution in [0.3, 0.4) is 0 Å². The van der Waals surface area contributed by atoms with Gasteiger partial charge in [0, 0.05) is 31.2 Å². The van der Waals surface area contributed by atoms with Gasteiger partial charge in [0.2, 0.25) is 0 Å². The predicted octanol–water partition coefficient (Wildman–Crippen LogP) is 0.751. The summed E-state index contributed by atoms with van der Waals surface area (Å²) in [6.45, 7) is 6.89. The molecule has 0 aromatic heterocycles. The molecular weight excluding hydrogens is 176 g/mol. The second-order valence-electron chi connectivity index (χ2n) is 5.19. The van der Waals surface area contributed by atoms with Crippen molar-refractivity contribution < 1.29 is 4.74 Å². The van der Waals surface area contributed by atoms with E-state index in [2.05, 4.69) is 24.5 Å². The van der Waals surface area contributed by atoms with Gasteiger partial charge < -0.3 is 15.4 Å². The summed E-state index contributed by atoms with van der Waals surface area (Å²) in [5.41, 5.74) is 0.303. The summed E-state index contributed by atoms with van der Waals surface area (Å²) < 4.78 is 5.44. The van der Waals surface area contributed by atoms with Crippen LogP contribution in [0.4, 0.5) is 0 Å². The minimum absolute atomic E-state index is 0.303. The molecule has 1 saturated heterocycles. The van der Waals surface area contributed by atoms with Crippen molar-refractivity contribution in [2.45, 2.75) is 44.9 Å². The fourth-order valence-corrected chi connectivity index (χ4v) is 2.65. The Morgan fingerprint density at radius 3 is 2.71 bits per heavy atom. The molecule has 0 radical (unpaired) electrons. The van der Waals surface area contributed by atoms with Gasteiger partial charge in [-0.3, -0.25) is 0 Å². The Balaban J connectivity index is 1.82. The van der Waals surface area contributed by atoms with Crippen molar-refractivity contribution in [2.24, 2.45) is 5.41 Å². The summed E-state index contributed by atoms with van der Waals surface area (Å²) in [6, 6.07) is 1.31. The molecule has 82 valence electrons. The van der Waals surface area contributed by atoms with Crippen LogP contribution in [-0.4, -0.2) is 38.4 Å². The molecular formula is C11H22N2O. The van der Waals surface area contributed by atoms with E-state index >= 15 is 0 Å². The maximum Gasteiger partial charge on any atom is 0.0652 e. The summed E-state index contributed by atoms with van der Waals surface area (Å²) >= 11 is 0. The van der Waals surface area contributed by atoms with Gasteiger partial charge >= 0.3 is 0 Å². The van der Waals surface area contributed by atoms with Crippen molar-refractivity contribution in [3.8, 4) is 0 Å². The molecule has 1 saturated carbocycles. The first kappa shape index (κ1) is 10.4. The Labute approximate surface area is 86.6 Å². The van der Waals surface area contributed by atoms with Gasteiger partial charge in [-0.15, -0.1) is 0 Å². The molecule has 3 unspecified atom stereocenters. The van der Waals surface area contributed by atoms with E-state index in [-0.39, 0.29) is 0 Å². The summed E-state index contributed by atoms with van der Waals surface area (Å²) in [5, 5.41) is 7.11. The predicted molar refractivity (Wildman–Crippen MR) is 57.4 cm³/mol. The SMILES string of the molecule is COC1CC(NC2CCNC2)C1(C)C. The quantitative estimate of drug-likeness (QED) is 0.702. The van der Waals surface area contributed by atoms with Gasteiger partial charge in [0.05, 0.1) is 6.10 Å². The maximum atomic E-state index is 5.44. The van der Waals surface area contributed by atoms with Crippen molar-refractivity contribution in [2.75, 3.05) is 20.2 Å². The lowest BCUT2D eigenvalue weighted by atomic mass is 9.64. The van der Waals surface area contributed by atoms with E-state index < -0.39 is 0 Å². The summed E-state index contributed by atoms with van der Waals surface area (Å²) in [6.07, 6.45) is 2.87. The number of hydrogen-bond donors (Lipinski definition) is 2. The normalized spacial score (nSPS) is 40.9. The third-order valence-electron chi connectivity index (χ3n) is 3.96. The molecule has 1 aliphatic heterocycles. The lowest BCUT2D eigenvalue weighted by Crippen LogP contribution is -2.62. The molecule has 0 bridgehead atoms. The number of rotatable bonds is 3. The fourth-order valence-electron chi connectivity index (χ4n) is 2.65. The molecule has 14 heavy (non-hydrogen) atoms. The molecule has 0 spiro atoms. The lowest BCUT2D eigenvalue weighted by molar-refractivity contribution is -0.0997.